The smallest absolute Gasteiger partial charge is 0.267 e. The van der Waals surface area contributed by atoms with Crippen LogP contribution in [-0.4, -0.2) is 29.3 Å². The molecule has 1 unspecified atom stereocenters. The number of ether oxygens (including phenoxy) is 1. The van der Waals surface area contributed by atoms with Crippen molar-refractivity contribution in [3.63, 3.8) is 0 Å². The van der Waals surface area contributed by atoms with Crippen LogP contribution >= 0.6 is 0 Å². The summed E-state index contributed by atoms with van der Waals surface area (Å²) in [5.74, 6) is 0.518. The molecule has 2 aromatic carbocycles. The molecule has 6 nitrogen and oxygen atoms in total. The summed E-state index contributed by atoms with van der Waals surface area (Å²) >= 11 is 0. The first-order chi connectivity index (χ1) is 14.1. The van der Waals surface area contributed by atoms with Crippen molar-refractivity contribution in [2.45, 2.75) is 25.8 Å². The van der Waals surface area contributed by atoms with Crippen LogP contribution in [0.3, 0.4) is 0 Å². The fraction of sp³-hybridized carbons (Fsp3) is 0.261. The zero-order chi connectivity index (χ0) is 20.6. The SMILES string of the molecule is COc1ccc(-c2ccc(=O)n(C(C)C(=O)NCCCc3ccccc3)n2)cc1. The molecule has 3 aromatic rings. The molecular weight excluding hydrogens is 366 g/mol. The fourth-order valence-electron chi connectivity index (χ4n) is 3.03. The molecule has 29 heavy (non-hydrogen) atoms. The van der Waals surface area contributed by atoms with Gasteiger partial charge in [0.1, 0.15) is 11.8 Å². The first kappa shape index (κ1) is 20.3. The lowest BCUT2D eigenvalue weighted by Gasteiger charge is -2.15. The third-order valence-corrected chi connectivity index (χ3v) is 4.74. The maximum atomic E-state index is 12.5. The number of nitrogens with one attached hydrogen (secondary N) is 1. The van der Waals surface area contributed by atoms with Gasteiger partial charge >= 0.3 is 0 Å². The van der Waals surface area contributed by atoms with Gasteiger partial charge in [-0.3, -0.25) is 9.59 Å². The van der Waals surface area contributed by atoms with Crippen LogP contribution in [0.25, 0.3) is 11.3 Å². The van der Waals surface area contributed by atoms with E-state index in [4.69, 9.17) is 4.74 Å². The fourth-order valence-corrected chi connectivity index (χ4v) is 3.03. The van der Waals surface area contributed by atoms with Gasteiger partial charge in [-0.1, -0.05) is 30.3 Å². The van der Waals surface area contributed by atoms with E-state index in [1.807, 2.05) is 42.5 Å². The Morgan fingerprint density at radius 3 is 2.48 bits per heavy atom. The molecule has 1 atom stereocenters. The number of hydrogen-bond acceptors (Lipinski definition) is 4. The van der Waals surface area contributed by atoms with Gasteiger partial charge in [0, 0.05) is 18.2 Å². The maximum Gasteiger partial charge on any atom is 0.267 e. The number of nitrogens with zero attached hydrogens (tertiary/aromatic N) is 2. The van der Waals surface area contributed by atoms with E-state index in [-0.39, 0.29) is 11.5 Å². The Labute approximate surface area is 170 Å². The maximum absolute atomic E-state index is 12.5. The molecule has 1 heterocycles. The highest BCUT2D eigenvalue weighted by atomic mass is 16.5. The van der Waals surface area contributed by atoms with Gasteiger partial charge in [-0.05, 0) is 55.7 Å². The minimum absolute atomic E-state index is 0.223. The Bertz CT molecular complexity index is 998. The molecule has 0 saturated heterocycles. The molecule has 3 rings (SSSR count). The predicted octanol–water partition coefficient (Wildman–Crippen LogP) is 3.23. The zero-order valence-corrected chi connectivity index (χ0v) is 16.7. The van der Waals surface area contributed by atoms with Gasteiger partial charge in [-0.25, -0.2) is 4.68 Å². The molecule has 0 spiro atoms. The second-order valence-corrected chi connectivity index (χ2v) is 6.79. The van der Waals surface area contributed by atoms with Crippen molar-refractivity contribution < 1.29 is 9.53 Å². The molecule has 0 aliphatic heterocycles. The Morgan fingerprint density at radius 2 is 1.79 bits per heavy atom. The number of methoxy groups -OCH3 is 1. The van der Waals surface area contributed by atoms with Crippen molar-refractivity contribution in [2.24, 2.45) is 0 Å². The zero-order valence-electron chi connectivity index (χ0n) is 16.7. The third kappa shape index (κ3) is 5.31. The normalized spacial score (nSPS) is 11.7. The molecule has 0 saturated carbocycles. The van der Waals surface area contributed by atoms with Crippen LogP contribution in [0.4, 0.5) is 0 Å². The van der Waals surface area contributed by atoms with Crippen molar-refractivity contribution >= 4 is 5.91 Å². The topological polar surface area (TPSA) is 73.2 Å². The van der Waals surface area contributed by atoms with Gasteiger partial charge in [0.25, 0.3) is 5.56 Å². The molecular formula is C23H25N3O3. The van der Waals surface area contributed by atoms with Crippen LogP contribution in [0, 0.1) is 0 Å². The first-order valence-corrected chi connectivity index (χ1v) is 9.64. The van der Waals surface area contributed by atoms with Gasteiger partial charge in [-0.15, -0.1) is 0 Å². The highest BCUT2D eigenvalue weighted by molar-refractivity contribution is 5.79. The van der Waals surface area contributed by atoms with Crippen molar-refractivity contribution in [3.05, 3.63) is 82.6 Å². The summed E-state index contributed by atoms with van der Waals surface area (Å²) in [6, 6.07) is 19.9. The third-order valence-electron chi connectivity index (χ3n) is 4.74. The molecule has 1 amide bonds. The van der Waals surface area contributed by atoms with Crippen molar-refractivity contribution in [1.82, 2.24) is 15.1 Å². The summed E-state index contributed by atoms with van der Waals surface area (Å²) < 4.78 is 6.39. The highest BCUT2D eigenvalue weighted by Gasteiger charge is 2.17. The summed E-state index contributed by atoms with van der Waals surface area (Å²) in [7, 11) is 1.60. The van der Waals surface area contributed by atoms with Crippen molar-refractivity contribution in [2.75, 3.05) is 13.7 Å². The molecule has 1 N–H and O–H groups in total. The lowest BCUT2D eigenvalue weighted by molar-refractivity contribution is -0.124. The lowest BCUT2D eigenvalue weighted by Crippen LogP contribution is -2.37. The molecule has 150 valence electrons. The molecule has 0 aliphatic carbocycles. The Balaban J connectivity index is 1.63. The number of benzene rings is 2. The summed E-state index contributed by atoms with van der Waals surface area (Å²) in [4.78, 5) is 24.8. The van der Waals surface area contributed by atoms with Crippen molar-refractivity contribution in [1.29, 1.82) is 0 Å². The number of aromatic nitrogens is 2. The van der Waals surface area contributed by atoms with Crippen LogP contribution in [0.1, 0.15) is 24.9 Å². The molecule has 0 bridgehead atoms. The van der Waals surface area contributed by atoms with Gasteiger partial charge in [-0.2, -0.15) is 5.10 Å². The second kappa shape index (κ2) is 9.68. The van der Waals surface area contributed by atoms with E-state index in [0.717, 1.165) is 24.2 Å². The average Bonchev–Trinajstić information content (AvgIpc) is 2.77. The van der Waals surface area contributed by atoms with Crippen LogP contribution in [-0.2, 0) is 11.2 Å². The van der Waals surface area contributed by atoms with E-state index in [1.165, 1.54) is 16.3 Å². The van der Waals surface area contributed by atoms with Crippen LogP contribution in [0.15, 0.2) is 71.5 Å². The summed E-state index contributed by atoms with van der Waals surface area (Å²) in [6.07, 6.45) is 1.72. The van der Waals surface area contributed by atoms with E-state index in [1.54, 1.807) is 20.1 Å². The molecule has 0 aliphatic rings. The van der Waals surface area contributed by atoms with Crippen LogP contribution in [0.5, 0.6) is 5.75 Å². The van der Waals surface area contributed by atoms with E-state index in [2.05, 4.69) is 22.5 Å². The van der Waals surface area contributed by atoms with E-state index in [0.29, 0.717) is 12.2 Å². The van der Waals surface area contributed by atoms with Crippen LogP contribution < -0.4 is 15.6 Å². The largest absolute Gasteiger partial charge is 0.497 e. The van der Waals surface area contributed by atoms with Crippen molar-refractivity contribution in [3.8, 4) is 17.0 Å². The van der Waals surface area contributed by atoms with Gasteiger partial charge in [0.05, 0.1) is 12.8 Å². The van der Waals surface area contributed by atoms with E-state index < -0.39 is 6.04 Å². The number of carbonyl (C=O) groups excluding carboxylic acids is 1. The monoisotopic (exact) mass is 391 g/mol. The van der Waals surface area contributed by atoms with Gasteiger partial charge in [0.2, 0.25) is 5.91 Å². The minimum atomic E-state index is -0.697. The summed E-state index contributed by atoms with van der Waals surface area (Å²) in [5, 5.41) is 7.29. The number of aryl methyl sites for hydroxylation is 1. The second-order valence-electron chi connectivity index (χ2n) is 6.79. The quantitative estimate of drug-likeness (QED) is 0.599. The molecule has 1 aromatic heterocycles. The number of amides is 1. The highest BCUT2D eigenvalue weighted by Crippen LogP contribution is 2.20. The van der Waals surface area contributed by atoms with E-state index >= 15 is 0 Å². The Kier molecular flexibility index (Phi) is 6.79. The van der Waals surface area contributed by atoms with Gasteiger partial charge in [0.15, 0.2) is 0 Å². The first-order valence-electron chi connectivity index (χ1n) is 9.64. The standard InChI is InChI=1S/C23H25N3O3/c1-17(23(28)24-16-6-9-18-7-4-3-5-8-18)26-22(27)15-14-21(25-26)19-10-12-20(29-2)13-11-19/h3-5,7-8,10-15,17H,6,9,16H2,1-2H3,(H,24,28). The van der Waals surface area contributed by atoms with Gasteiger partial charge < -0.3 is 10.1 Å². The molecule has 6 heteroatoms. The Hall–Kier alpha value is -3.41. The minimum Gasteiger partial charge on any atom is -0.497 e. The number of hydrogen-bond donors (Lipinski definition) is 1. The van der Waals surface area contributed by atoms with Crippen LogP contribution in [0.2, 0.25) is 0 Å². The summed E-state index contributed by atoms with van der Waals surface area (Å²) in [6.45, 7) is 2.23. The number of carbonyl (C=O) groups is 1. The number of rotatable bonds is 8. The predicted molar refractivity (Wildman–Crippen MR) is 113 cm³/mol. The lowest BCUT2D eigenvalue weighted by atomic mass is 10.1. The summed E-state index contributed by atoms with van der Waals surface area (Å²) in [5.41, 5.74) is 2.39. The molecule has 0 radical (unpaired) electrons. The average molecular weight is 391 g/mol. The molecule has 0 fully saturated rings. The Morgan fingerprint density at radius 1 is 1.07 bits per heavy atom. The van der Waals surface area contributed by atoms with E-state index in [9.17, 15) is 9.59 Å².